The van der Waals surface area contributed by atoms with Gasteiger partial charge in [0.1, 0.15) is 18.9 Å². The average Bonchev–Trinajstić information content (AvgIpc) is 2.76. The second-order valence-corrected chi connectivity index (χ2v) is 4.28. The number of nitrogens with zero attached hydrogens (tertiary/aromatic N) is 2. The fourth-order valence-electron chi connectivity index (χ4n) is 1.39. The van der Waals surface area contributed by atoms with Crippen molar-refractivity contribution in [1.82, 2.24) is 4.57 Å². The third kappa shape index (κ3) is 5.07. The molecule has 0 saturated heterocycles. The second-order valence-electron chi connectivity index (χ2n) is 3.84. The van der Waals surface area contributed by atoms with Crippen LogP contribution in [0.5, 0.6) is 0 Å². The van der Waals surface area contributed by atoms with Gasteiger partial charge in [-0.1, -0.05) is 18.2 Å². The molecule has 0 bridgehead atoms. The molecule has 0 unspecified atom stereocenters. The van der Waals surface area contributed by atoms with Crippen molar-refractivity contribution in [3.05, 3.63) is 48.5 Å². The molecule has 0 aliphatic heterocycles. The fraction of sp³-hybridized carbons (Fsp3) is 0.231. The number of benzene rings is 1. The maximum atomic E-state index is 10.4. The summed E-state index contributed by atoms with van der Waals surface area (Å²) >= 11 is 4.75. The molecule has 0 radical (unpaired) electrons. The molecule has 19 heavy (non-hydrogen) atoms. The first-order valence-corrected chi connectivity index (χ1v) is 6.06. The minimum absolute atomic E-state index is 0.192. The standard InChI is InChI=1S/C7H6O2S.C6H11N2O/c8-7(9)5-3-1-2-4-6(5)10;1-7-2-3-8(6-7)4-5-9/h1-4,10H,(H,8,9);2-3,6,9H,4-5H2,1H3/q;+1/p-1. The van der Waals surface area contributed by atoms with Gasteiger partial charge in [-0.3, -0.25) is 0 Å². The number of imidazole rings is 1. The number of aromatic nitrogens is 2. The molecule has 0 spiro atoms. The topological polar surface area (TPSA) is 66.3 Å². The Labute approximate surface area is 117 Å². The predicted molar refractivity (Wildman–Crippen MR) is 71.7 cm³/mol. The molecule has 2 aromatic rings. The summed E-state index contributed by atoms with van der Waals surface area (Å²) in [6, 6.07) is 6.46. The molecule has 2 rings (SSSR count). The Morgan fingerprint density at radius 2 is 2.11 bits per heavy atom. The first kappa shape index (κ1) is 15.1. The molecule has 0 saturated carbocycles. The highest BCUT2D eigenvalue weighted by atomic mass is 32.1. The number of aliphatic hydroxyl groups is 1. The Bertz CT molecular complexity index is 540. The third-order valence-corrected chi connectivity index (χ3v) is 2.66. The van der Waals surface area contributed by atoms with E-state index in [2.05, 4.69) is 0 Å². The summed E-state index contributed by atoms with van der Waals surface area (Å²) in [5.41, 5.74) is 0.192. The Balaban J connectivity index is 0.000000191. The van der Waals surface area contributed by atoms with Crippen molar-refractivity contribution in [2.45, 2.75) is 11.4 Å². The number of hydrogen-bond donors (Lipinski definition) is 2. The van der Waals surface area contributed by atoms with E-state index in [-0.39, 0.29) is 12.2 Å². The van der Waals surface area contributed by atoms with Gasteiger partial charge in [0.25, 0.3) is 0 Å². The Morgan fingerprint density at radius 1 is 1.42 bits per heavy atom. The first-order valence-electron chi connectivity index (χ1n) is 5.66. The van der Waals surface area contributed by atoms with E-state index in [4.69, 9.17) is 22.8 Å². The molecule has 1 aromatic carbocycles. The second kappa shape index (κ2) is 7.50. The summed E-state index contributed by atoms with van der Waals surface area (Å²) in [6.07, 6.45) is 5.79. The summed E-state index contributed by atoms with van der Waals surface area (Å²) in [7, 11) is 1.95. The molecule has 0 aliphatic rings. The molecule has 5 nitrogen and oxygen atoms in total. The zero-order valence-corrected chi connectivity index (χ0v) is 11.4. The Hall–Kier alpha value is -1.92. The van der Waals surface area contributed by atoms with Crippen LogP contribution >= 0.6 is 0 Å². The lowest BCUT2D eigenvalue weighted by molar-refractivity contribution is -0.671. The fourth-order valence-corrected chi connectivity index (χ4v) is 1.63. The van der Waals surface area contributed by atoms with Crippen LogP contribution in [0, 0.1) is 0 Å². The monoisotopic (exact) mass is 280 g/mol. The first-order chi connectivity index (χ1) is 9.04. The average molecular weight is 280 g/mol. The lowest BCUT2D eigenvalue weighted by Crippen LogP contribution is -2.23. The van der Waals surface area contributed by atoms with Gasteiger partial charge in [-0.25, -0.2) is 13.9 Å². The van der Waals surface area contributed by atoms with E-state index < -0.39 is 5.97 Å². The molecule has 1 aromatic heterocycles. The highest BCUT2D eigenvalue weighted by Gasteiger charge is 1.98. The van der Waals surface area contributed by atoms with Crippen molar-refractivity contribution in [3.63, 3.8) is 0 Å². The molecule has 0 amide bonds. The Morgan fingerprint density at radius 3 is 2.53 bits per heavy atom. The normalized spacial score (nSPS) is 9.58. The molecular weight excluding hydrogens is 264 g/mol. The minimum atomic E-state index is -0.967. The van der Waals surface area contributed by atoms with Crippen LogP contribution < -0.4 is 4.57 Å². The van der Waals surface area contributed by atoms with E-state index in [1.165, 1.54) is 6.07 Å². The van der Waals surface area contributed by atoms with Crippen LogP contribution in [0.25, 0.3) is 0 Å². The molecular formula is C13H16N2O3S. The predicted octanol–water partition coefficient (Wildman–Crippen LogP) is 0.595. The van der Waals surface area contributed by atoms with Gasteiger partial charge in [0.2, 0.25) is 6.33 Å². The lowest BCUT2D eigenvalue weighted by atomic mass is 10.2. The number of carboxylic acids is 1. The van der Waals surface area contributed by atoms with Crippen molar-refractivity contribution in [3.8, 4) is 0 Å². The summed E-state index contributed by atoms with van der Waals surface area (Å²) in [6.45, 7) is 0.884. The van der Waals surface area contributed by atoms with Gasteiger partial charge in [0, 0.05) is 5.56 Å². The molecule has 0 atom stereocenters. The van der Waals surface area contributed by atoms with Crippen molar-refractivity contribution in [2.75, 3.05) is 6.61 Å². The van der Waals surface area contributed by atoms with E-state index >= 15 is 0 Å². The molecule has 0 fully saturated rings. The quantitative estimate of drug-likeness (QED) is 0.638. The number of carboxylic acid groups (broad SMARTS) is 1. The van der Waals surface area contributed by atoms with Gasteiger partial charge in [-0.15, -0.1) is 0 Å². The van der Waals surface area contributed by atoms with Crippen LogP contribution in [-0.4, -0.2) is 27.4 Å². The van der Waals surface area contributed by atoms with Crippen LogP contribution in [0.15, 0.2) is 47.9 Å². The smallest absolute Gasteiger partial charge is 0.334 e. The maximum absolute atomic E-state index is 10.4. The van der Waals surface area contributed by atoms with Gasteiger partial charge < -0.3 is 22.8 Å². The molecule has 1 heterocycles. The van der Waals surface area contributed by atoms with E-state index in [0.717, 1.165) is 0 Å². The van der Waals surface area contributed by atoms with E-state index in [1.54, 1.807) is 18.2 Å². The van der Waals surface area contributed by atoms with Crippen molar-refractivity contribution in [1.29, 1.82) is 0 Å². The number of carbonyl (C=O) groups is 1. The zero-order valence-electron chi connectivity index (χ0n) is 10.6. The van der Waals surface area contributed by atoms with Gasteiger partial charge in [-0.05, 0) is 6.07 Å². The number of hydrogen-bond acceptors (Lipinski definition) is 3. The van der Waals surface area contributed by atoms with Gasteiger partial charge in [0.05, 0.1) is 13.7 Å². The summed E-state index contributed by atoms with van der Waals surface area (Å²) in [4.78, 5) is 10.7. The van der Waals surface area contributed by atoms with Gasteiger partial charge in [0.15, 0.2) is 0 Å². The largest absolute Gasteiger partial charge is 0.779 e. The van der Waals surface area contributed by atoms with Gasteiger partial charge >= 0.3 is 5.97 Å². The molecule has 0 aliphatic carbocycles. The van der Waals surface area contributed by atoms with E-state index in [0.29, 0.717) is 11.4 Å². The molecule has 2 N–H and O–H groups in total. The van der Waals surface area contributed by atoms with E-state index in [9.17, 15) is 4.79 Å². The van der Waals surface area contributed by atoms with Crippen LogP contribution in [0.2, 0.25) is 0 Å². The van der Waals surface area contributed by atoms with Crippen LogP contribution in [0.1, 0.15) is 10.4 Å². The summed E-state index contributed by atoms with van der Waals surface area (Å²) in [5, 5.41) is 17.0. The maximum Gasteiger partial charge on any atom is 0.334 e. The summed E-state index contributed by atoms with van der Waals surface area (Å²) < 4.78 is 3.87. The number of rotatable bonds is 3. The van der Waals surface area contributed by atoms with Crippen molar-refractivity contribution >= 4 is 18.6 Å². The number of aryl methyl sites for hydroxylation is 1. The summed E-state index contributed by atoms with van der Waals surface area (Å²) in [5.74, 6) is -0.967. The lowest BCUT2D eigenvalue weighted by Gasteiger charge is -2.07. The minimum Gasteiger partial charge on any atom is -0.779 e. The van der Waals surface area contributed by atoms with E-state index in [1.807, 2.05) is 34.9 Å². The van der Waals surface area contributed by atoms with Crippen LogP contribution in [0.4, 0.5) is 0 Å². The Kier molecular flexibility index (Phi) is 5.98. The van der Waals surface area contributed by atoms with Crippen molar-refractivity contribution < 1.29 is 19.6 Å². The van der Waals surface area contributed by atoms with Crippen LogP contribution in [-0.2, 0) is 26.2 Å². The zero-order chi connectivity index (χ0) is 14.3. The highest BCUT2D eigenvalue weighted by molar-refractivity contribution is 7.58. The van der Waals surface area contributed by atoms with Crippen LogP contribution in [0.3, 0.4) is 0 Å². The third-order valence-electron chi connectivity index (χ3n) is 2.30. The molecule has 102 valence electrons. The van der Waals surface area contributed by atoms with Gasteiger partial charge in [-0.2, -0.15) is 4.90 Å². The number of aliphatic hydroxyl groups excluding tert-OH is 1. The SMILES string of the molecule is C[n+]1ccn(CCO)c1.O=C(O)c1ccccc1[S-]. The number of aromatic carboxylic acids is 1. The molecule has 6 heteroatoms. The van der Waals surface area contributed by atoms with Crippen molar-refractivity contribution in [2.24, 2.45) is 7.05 Å². The highest BCUT2D eigenvalue weighted by Crippen LogP contribution is 2.06.